The van der Waals surface area contributed by atoms with E-state index in [9.17, 15) is 9.59 Å². The molecular formula is C13H10ClNO4. The number of methoxy groups -OCH3 is 1. The summed E-state index contributed by atoms with van der Waals surface area (Å²) in [6, 6.07) is 7.22. The molecule has 0 fully saturated rings. The Hall–Kier alpha value is -2.27. The number of pyridine rings is 1. The summed E-state index contributed by atoms with van der Waals surface area (Å²) < 4.78 is 6.23. The Morgan fingerprint density at radius 3 is 2.68 bits per heavy atom. The van der Waals surface area contributed by atoms with E-state index in [0.29, 0.717) is 16.5 Å². The smallest absolute Gasteiger partial charge is 0.337 e. The van der Waals surface area contributed by atoms with Crippen LogP contribution in [0.3, 0.4) is 0 Å². The van der Waals surface area contributed by atoms with Crippen molar-refractivity contribution in [2.75, 3.05) is 7.11 Å². The number of carbonyl (C=O) groups is 1. The zero-order valence-electron chi connectivity index (χ0n) is 9.96. The van der Waals surface area contributed by atoms with E-state index < -0.39 is 5.97 Å². The van der Waals surface area contributed by atoms with E-state index in [1.54, 1.807) is 18.2 Å². The van der Waals surface area contributed by atoms with Gasteiger partial charge in [-0.2, -0.15) is 0 Å². The second kappa shape index (κ2) is 5.16. The molecule has 19 heavy (non-hydrogen) atoms. The molecule has 0 aliphatic rings. The molecule has 0 spiro atoms. The standard InChI is InChI=1S/C13H10ClNO4/c1-19-9-3-4-10(14)11(6-9)15-7-8(13(17)18)2-5-12(15)16/h2-7H,1H3,(H,17,18). The summed E-state index contributed by atoms with van der Waals surface area (Å²) in [5.74, 6) is -0.597. The fourth-order valence-electron chi connectivity index (χ4n) is 1.61. The van der Waals surface area contributed by atoms with Gasteiger partial charge in [0.1, 0.15) is 5.75 Å². The summed E-state index contributed by atoms with van der Waals surface area (Å²) in [6.45, 7) is 0. The average Bonchev–Trinajstić information content (AvgIpc) is 2.40. The molecular weight excluding hydrogens is 270 g/mol. The minimum absolute atomic E-state index is 0.00140. The lowest BCUT2D eigenvalue weighted by molar-refractivity contribution is 0.0696. The van der Waals surface area contributed by atoms with Crippen molar-refractivity contribution in [1.29, 1.82) is 0 Å². The molecule has 98 valence electrons. The molecule has 0 bridgehead atoms. The van der Waals surface area contributed by atoms with Crippen molar-refractivity contribution in [2.45, 2.75) is 0 Å². The van der Waals surface area contributed by atoms with Crippen molar-refractivity contribution in [3.8, 4) is 11.4 Å². The normalized spacial score (nSPS) is 10.2. The van der Waals surface area contributed by atoms with Crippen molar-refractivity contribution >= 4 is 17.6 Å². The van der Waals surface area contributed by atoms with Crippen LogP contribution >= 0.6 is 11.6 Å². The van der Waals surface area contributed by atoms with E-state index in [-0.39, 0.29) is 11.1 Å². The van der Waals surface area contributed by atoms with Crippen LogP contribution in [0, 0.1) is 0 Å². The molecule has 0 aliphatic carbocycles. The minimum Gasteiger partial charge on any atom is -0.497 e. The molecule has 0 unspecified atom stereocenters. The number of halogens is 1. The number of aromatic carboxylic acids is 1. The van der Waals surface area contributed by atoms with Crippen LogP contribution < -0.4 is 10.3 Å². The van der Waals surface area contributed by atoms with E-state index >= 15 is 0 Å². The van der Waals surface area contributed by atoms with Gasteiger partial charge in [-0.25, -0.2) is 4.79 Å². The van der Waals surface area contributed by atoms with Gasteiger partial charge in [0, 0.05) is 18.3 Å². The fraction of sp³-hybridized carbons (Fsp3) is 0.0769. The predicted molar refractivity (Wildman–Crippen MR) is 70.6 cm³/mol. The van der Waals surface area contributed by atoms with Gasteiger partial charge in [0.2, 0.25) is 0 Å². The van der Waals surface area contributed by atoms with Gasteiger partial charge in [0.15, 0.2) is 0 Å². The number of ether oxygens (including phenoxy) is 1. The maximum absolute atomic E-state index is 11.8. The molecule has 0 radical (unpaired) electrons. The first-order chi connectivity index (χ1) is 9.02. The number of carboxylic acid groups (broad SMARTS) is 1. The monoisotopic (exact) mass is 279 g/mol. The number of benzene rings is 1. The highest BCUT2D eigenvalue weighted by Gasteiger charge is 2.10. The molecule has 1 N–H and O–H groups in total. The third kappa shape index (κ3) is 2.61. The molecule has 0 saturated heterocycles. The largest absolute Gasteiger partial charge is 0.497 e. The van der Waals surface area contributed by atoms with Crippen LogP contribution in [0.2, 0.25) is 5.02 Å². The lowest BCUT2D eigenvalue weighted by Crippen LogP contribution is -2.18. The van der Waals surface area contributed by atoms with Crippen molar-refractivity contribution < 1.29 is 14.6 Å². The summed E-state index contributed by atoms with van der Waals surface area (Å²) in [6.07, 6.45) is 1.23. The summed E-state index contributed by atoms with van der Waals surface area (Å²) in [5, 5.41) is 9.27. The average molecular weight is 280 g/mol. The summed E-state index contributed by atoms with van der Waals surface area (Å²) in [7, 11) is 1.49. The van der Waals surface area contributed by atoms with Gasteiger partial charge in [-0.1, -0.05) is 11.6 Å². The Balaban J connectivity index is 2.67. The summed E-state index contributed by atoms with van der Waals surface area (Å²) in [5.41, 5.74) is -0.00671. The van der Waals surface area contributed by atoms with Crippen LogP contribution in [0.1, 0.15) is 10.4 Å². The van der Waals surface area contributed by atoms with Crippen molar-refractivity contribution in [2.24, 2.45) is 0 Å². The highest BCUT2D eigenvalue weighted by atomic mass is 35.5. The Morgan fingerprint density at radius 1 is 1.32 bits per heavy atom. The molecule has 6 heteroatoms. The molecule has 0 atom stereocenters. The maximum Gasteiger partial charge on any atom is 0.337 e. The number of rotatable bonds is 3. The van der Waals surface area contributed by atoms with Crippen LogP contribution in [0.5, 0.6) is 5.75 Å². The number of hydrogen-bond donors (Lipinski definition) is 1. The highest BCUT2D eigenvalue weighted by molar-refractivity contribution is 6.32. The number of aromatic nitrogens is 1. The molecule has 0 amide bonds. The topological polar surface area (TPSA) is 68.5 Å². The Labute approximate surface area is 113 Å². The fourth-order valence-corrected chi connectivity index (χ4v) is 1.81. The highest BCUT2D eigenvalue weighted by Crippen LogP contribution is 2.24. The summed E-state index contributed by atoms with van der Waals surface area (Å²) >= 11 is 6.03. The van der Waals surface area contributed by atoms with Gasteiger partial charge in [-0.3, -0.25) is 9.36 Å². The molecule has 0 saturated carbocycles. The predicted octanol–water partition coefficient (Wildman–Crippen LogP) is 2.20. The number of hydrogen-bond acceptors (Lipinski definition) is 3. The van der Waals surface area contributed by atoms with Crippen molar-refractivity contribution in [3.63, 3.8) is 0 Å². The third-order valence-electron chi connectivity index (χ3n) is 2.57. The van der Waals surface area contributed by atoms with Gasteiger partial charge in [-0.05, 0) is 18.2 Å². The Kier molecular flexibility index (Phi) is 3.57. The first kappa shape index (κ1) is 13.2. The zero-order chi connectivity index (χ0) is 14.0. The minimum atomic E-state index is -1.12. The molecule has 2 aromatic rings. The van der Waals surface area contributed by atoms with Crippen LogP contribution in [0.4, 0.5) is 0 Å². The van der Waals surface area contributed by atoms with E-state index in [1.165, 1.54) is 30.0 Å². The van der Waals surface area contributed by atoms with E-state index in [1.807, 2.05) is 0 Å². The molecule has 5 nitrogen and oxygen atoms in total. The second-order valence-corrected chi connectivity index (χ2v) is 4.16. The number of nitrogens with zero attached hydrogens (tertiary/aromatic N) is 1. The quantitative estimate of drug-likeness (QED) is 0.935. The van der Waals surface area contributed by atoms with Crippen LogP contribution in [-0.4, -0.2) is 22.8 Å². The number of carboxylic acids is 1. The van der Waals surface area contributed by atoms with E-state index in [2.05, 4.69) is 0 Å². The maximum atomic E-state index is 11.8. The van der Waals surface area contributed by atoms with Gasteiger partial charge >= 0.3 is 5.97 Å². The van der Waals surface area contributed by atoms with Crippen LogP contribution in [0.25, 0.3) is 5.69 Å². The van der Waals surface area contributed by atoms with E-state index in [4.69, 9.17) is 21.4 Å². The zero-order valence-corrected chi connectivity index (χ0v) is 10.7. The molecule has 1 aromatic carbocycles. The second-order valence-electron chi connectivity index (χ2n) is 3.75. The van der Waals surface area contributed by atoms with Crippen LogP contribution in [0.15, 0.2) is 41.3 Å². The SMILES string of the molecule is COc1ccc(Cl)c(-n2cc(C(=O)O)ccc2=O)c1. The van der Waals surface area contributed by atoms with Crippen LogP contribution in [-0.2, 0) is 0 Å². The van der Waals surface area contributed by atoms with E-state index in [0.717, 1.165) is 0 Å². The molecule has 2 rings (SSSR count). The first-order valence-corrected chi connectivity index (χ1v) is 5.70. The first-order valence-electron chi connectivity index (χ1n) is 5.33. The summed E-state index contributed by atoms with van der Waals surface area (Å²) in [4.78, 5) is 22.7. The Bertz CT molecular complexity index is 693. The molecule has 1 heterocycles. The van der Waals surface area contributed by atoms with Crippen molar-refractivity contribution in [1.82, 2.24) is 4.57 Å². The molecule has 0 aliphatic heterocycles. The molecule has 1 aromatic heterocycles. The lowest BCUT2D eigenvalue weighted by Gasteiger charge is -2.10. The van der Waals surface area contributed by atoms with Gasteiger partial charge in [0.05, 0.1) is 23.4 Å². The third-order valence-corrected chi connectivity index (χ3v) is 2.89. The lowest BCUT2D eigenvalue weighted by atomic mass is 10.2. The van der Waals surface area contributed by atoms with Gasteiger partial charge in [-0.15, -0.1) is 0 Å². The Morgan fingerprint density at radius 2 is 2.05 bits per heavy atom. The van der Waals surface area contributed by atoms with Gasteiger partial charge < -0.3 is 9.84 Å². The van der Waals surface area contributed by atoms with Crippen molar-refractivity contribution in [3.05, 3.63) is 57.5 Å². The van der Waals surface area contributed by atoms with Gasteiger partial charge in [0.25, 0.3) is 5.56 Å².